The van der Waals surface area contributed by atoms with E-state index < -0.39 is 0 Å². The summed E-state index contributed by atoms with van der Waals surface area (Å²) in [5, 5.41) is 2.91. The fourth-order valence-corrected chi connectivity index (χ4v) is 2.36. The van der Waals surface area contributed by atoms with Crippen LogP contribution in [0.1, 0.15) is 41.6 Å². The maximum atomic E-state index is 12.3. The SMILES string of the molecule is COc1ccc(CNC(=O)c2ccc3nc(C(C)C)oc3c2)cc1. The Hall–Kier alpha value is -2.82. The molecule has 3 aromatic rings. The number of carbonyl (C=O) groups excluding carboxylic acids is 1. The lowest BCUT2D eigenvalue weighted by Crippen LogP contribution is -2.22. The number of oxazole rings is 1. The number of hydrogen-bond acceptors (Lipinski definition) is 4. The second-order valence-corrected chi connectivity index (χ2v) is 5.92. The quantitative estimate of drug-likeness (QED) is 0.773. The van der Waals surface area contributed by atoms with Gasteiger partial charge in [-0.2, -0.15) is 0 Å². The number of benzene rings is 2. The number of nitrogens with zero attached hydrogens (tertiary/aromatic N) is 1. The smallest absolute Gasteiger partial charge is 0.251 e. The van der Waals surface area contributed by atoms with Gasteiger partial charge in [0.1, 0.15) is 11.3 Å². The third-order valence-corrected chi connectivity index (χ3v) is 3.77. The van der Waals surface area contributed by atoms with Crippen molar-refractivity contribution in [2.75, 3.05) is 7.11 Å². The van der Waals surface area contributed by atoms with Crippen molar-refractivity contribution in [1.82, 2.24) is 10.3 Å². The van der Waals surface area contributed by atoms with E-state index in [0.29, 0.717) is 23.6 Å². The molecule has 1 amide bonds. The minimum absolute atomic E-state index is 0.143. The molecule has 124 valence electrons. The first-order chi connectivity index (χ1) is 11.6. The highest BCUT2D eigenvalue weighted by Gasteiger charge is 2.12. The van der Waals surface area contributed by atoms with Crippen LogP contribution in [0.4, 0.5) is 0 Å². The van der Waals surface area contributed by atoms with Crippen LogP contribution in [-0.2, 0) is 6.54 Å². The minimum Gasteiger partial charge on any atom is -0.497 e. The van der Waals surface area contributed by atoms with Gasteiger partial charge in [-0.1, -0.05) is 26.0 Å². The molecule has 0 bridgehead atoms. The zero-order valence-electron chi connectivity index (χ0n) is 14.0. The molecule has 0 aliphatic heterocycles. The fourth-order valence-electron chi connectivity index (χ4n) is 2.36. The highest BCUT2D eigenvalue weighted by atomic mass is 16.5. The van der Waals surface area contributed by atoms with E-state index in [1.165, 1.54) is 0 Å². The average Bonchev–Trinajstić information content (AvgIpc) is 3.03. The van der Waals surface area contributed by atoms with E-state index in [0.717, 1.165) is 16.8 Å². The molecule has 0 aliphatic carbocycles. The summed E-state index contributed by atoms with van der Waals surface area (Å²) in [6.45, 7) is 4.49. The van der Waals surface area contributed by atoms with Crippen molar-refractivity contribution in [3.63, 3.8) is 0 Å². The van der Waals surface area contributed by atoms with Crippen molar-refractivity contribution < 1.29 is 13.9 Å². The van der Waals surface area contributed by atoms with Crippen LogP contribution in [0.3, 0.4) is 0 Å². The summed E-state index contributed by atoms with van der Waals surface area (Å²) in [5.74, 6) is 1.54. The molecule has 1 aromatic heterocycles. The standard InChI is InChI=1S/C19H20N2O3/c1-12(2)19-21-16-9-6-14(10-17(16)24-19)18(22)20-11-13-4-7-15(23-3)8-5-13/h4-10,12H,11H2,1-3H3,(H,20,22). The average molecular weight is 324 g/mol. The molecule has 3 rings (SSSR count). The lowest BCUT2D eigenvalue weighted by atomic mass is 10.1. The van der Waals surface area contributed by atoms with Crippen molar-refractivity contribution in [3.05, 3.63) is 59.5 Å². The Morgan fingerprint density at radius 1 is 1.21 bits per heavy atom. The van der Waals surface area contributed by atoms with Crippen LogP contribution < -0.4 is 10.1 Å². The second kappa shape index (κ2) is 6.74. The molecule has 0 saturated carbocycles. The Kier molecular flexibility index (Phi) is 4.51. The van der Waals surface area contributed by atoms with Gasteiger partial charge in [0.05, 0.1) is 7.11 Å². The van der Waals surface area contributed by atoms with E-state index in [-0.39, 0.29) is 11.8 Å². The molecule has 1 heterocycles. The van der Waals surface area contributed by atoms with Crippen molar-refractivity contribution >= 4 is 17.0 Å². The molecule has 24 heavy (non-hydrogen) atoms. The van der Waals surface area contributed by atoms with Gasteiger partial charge in [0.15, 0.2) is 11.5 Å². The first-order valence-corrected chi connectivity index (χ1v) is 7.88. The highest BCUT2D eigenvalue weighted by molar-refractivity contribution is 5.97. The Labute approximate surface area is 140 Å². The number of carbonyl (C=O) groups is 1. The molecule has 0 saturated heterocycles. The van der Waals surface area contributed by atoms with Gasteiger partial charge in [0.2, 0.25) is 0 Å². The van der Waals surface area contributed by atoms with E-state index in [1.54, 1.807) is 19.2 Å². The van der Waals surface area contributed by atoms with Crippen LogP contribution in [0.25, 0.3) is 11.1 Å². The number of nitrogens with one attached hydrogen (secondary N) is 1. The molecule has 1 N–H and O–H groups in total. The van der Waals surface area contributed by atoms with Crippen molar-refractivity contribution in [3.8, 4) is 5.75 Å². The van der Waals surface area contributed by atoms with E-state index in [1.807, 2.05) is 44.2 Å². The van der Waals surface area contributed by atoms with Gasteiger partial charge in [0, 0.05) is 18.0 Å². The van der Waals surface area contributed by atoms with Gasteiger partial charge < -0.3 is 14.5 Å². The summed E-state index contributed by atoms with van der Waals surface area (Å²) in [6, 6.07) is 12.9. The number of methoxy groups -OCH3 is 1. The Bertz CT molecular complexity index is 851. The number of amides is 1. The molecule has 5 heteroatoms. The Balaban J connectivity index is 1.70. The highest BCUT2D eigenvalue weighted by Crippen LogP contribution is 2.22. The van der Waals surface area contributed by atoms with Gasteiger partial charge >= 0.3 is 0 Å². The van der Waals surface area contributed by atoms with Crippen molar-refractivity contribution in [2.24, 2.45) is 0 Å². The largest absolute Gasteiger partial charge is 0.497 e. The van der Waals surface area contributed by atoms with E-state index >= 15 is 0 Å². The van der Waals surface area contributed by atoms with Gasteiger partial charge in [-0.05, 0) is 35.9 Å². The summed E-state index contributed by atoms with van der Waals surface area (Å²) in [6.07, 6.45) is 0. The molecule has 0 aliphatic rings. The third kappa shape index (κ3) is 3.40. The monoisotopic (exact) mass is 324 g/mol. The Morgan fingerprint density at radius 2 is 1.96 bits per heavy atom. The van der Waals surface area contributed by atoms with Crippen LogP contribution >= 0.6 is 0 Å². The molecule has 0 atom stereocenters. The number of rotatable bonds is 5. The number of hydrogen-bond donors (Lipinski definition) is 1. The van der Waals surface area contributed by atoms with E-state index in [4.69, 9.17) is 9.15 Å². The molecular weight excluding hydrogens is 304 g/mol. The number of ether oxygens (including phenoxy) is 1. The van der Waals surface area contributed by atoms with Crippen LogP contribution in [0.15, 0.2) is 46.9 Å². The zero-order valence-corrected chi connectivity index (χ0v) is 14.0. The second-order valence-electron chi connectivity index (χ2n) is 5.92. The topological polar surface area (TPSA) is 64.4 Å². The van der Waals surface area contributed by atoms with E-state index in [9.17, 15) is 4.79 Å². The van der Waals surface area contributed by atoms with Gasteiger partial charge in [-0.3, -0.25) is 4.79 Å². The summed E-state index contributed by atoms with van der Waals surface area (Å²) >= 11 is 0. The maximum Gasteiger partial charge on any atom is 0.251 e. The van der Waals surface area contributed by atoms with Crippen molar-refractivity contribution in [1.29, 1.82) is 0 Å². The number of fused-ring (bicyclic) bond motifs is 1. The molecular formula is C19H20N2O3. The Morgan fingerprint density at radius 3 is 2.62 bits per heavy atom. The van der Waals surface area contributed by atoms with Crippen LogP contribution in [0.5, 0.6) is 5.75 Å². The normalized spacial score (nSPS) is 11.0. The first-order valence-electron chi connectivity index (χ1n) is 7.88. The molecule has 2 aromatic carbocycles. The lowest BCUT2D eigenvalue weighted by Gasteiger charge is -2.06. The molecule has 0 fully saturated rings. The fraction of sp³-hybridized carbons (Fsp3) is 0.263. The first kappa shape index (κ1) is 16.1. The molecule has 0 radical (unpaired) electrons. The van der Waals surface area contributed by atoms with Crippen LogP contribution in [0, 0.1) is 0 Å². The summed E-state index contributed by atoms with van der Waals surface area (Å²) in [5.41, 5.74) is 2.97. The lowest BCUT2D eigenvalue weighted by molar-refractivity contribution is 0.0951. The molecule has 5 nitrogen and oxygen atoms in total. The summed E-state index contributed by atoms with van der Waals surface area (Å²) in [7, 11) is 1.63. The predicted molar refractivity (Wildman–Crippen MR) is 92.3 cm³/mol. The summed E-state index contributed by atoms with van der Waals surface area (Å²) in [4.78, 5) is 16.7. The minimum atomic E-state index is -0.143. The zero-order chi connectivity index (χ0) is 17.1. The number of aromatic nitrogens is 1. The van der Waals surface area contributed by atoms with Crippen LogP contribution in [0.2, 0.25) is 0 Å². The van der Waals surface area contributed by atoms with E-state index in [2.05, 4.69) is 10.3 Å². The summed E-state index contributed by atoms with van der Waals surface area (Å²) < 4.78 is 10.8. The van der Waals surface area contributed by atoms with Gasteiger partial charge in [-0.25, -0.2) is 4.98 Å². The van der Waals surface area contributed by atoms with Crippen molar-refractivity contribution in [2.45, 2.75) is 26.3 Å². The third-order valence-electron chi connectivity index (χ3n) is 3.77. The predicted octanol–water partition coefficient (Wildman–Crippen LogP) is 3.89. The van der Waals surface area contributed by atoms with Gasteiger partial charge in [0.25, 0.3) is 5.91 Å². The van der Waals surface area contributed by atoms with Crippen LogP contribution in [-0.4, -0.2) is 18.0 Å². The molecule has 0 unspecified atom stereocenters. The molecule has 0 spiro atoms. The maximum absolute atomic E-state index is 12.3. The van der Waals surface area contributed by atoms with Gasteiger partial charge in [-0.15, -0.1) is 0 Å².